The summed E-state index contributed by atoms with van der Waals surface area (Å²) in [6.45, 7) is 0.760. The minimum atomic E-state index is -4.54. The van der Waals surface area contributed by atoms with Crippen LogP contribution in [0.3, 0.4) is 0 Å². The molecule has 0 amide bonds. The fourth-order valence-corrected chi connectivity index (χ4v) is 2.00. The number of thiocarbonyl (C=S) groups is 1. The van der Waals surface area contributed by atoms with E-state index >= 15 is 0 Å². The van der Waals surface area contributed by atoms with E-state index in [1.165, 1.54) is 6.07 Å². The highest BCUT2D eigenvalue weighted by atomic mass is 32.1. The fraction of sp³-hybridized carbons (Fsp3) is 0.500. The van der Waals surface area contributed by atoms with Crippen LogP contribution in [0.25, 0.3) is 0 Å². The van der Waals surface area contributed by atoms with Crippen molar-refractivity contribution in [3.05, 3.63) is 23.4 Å². The molecule has 20 heavy (non-hydrogen) atoms. The van der Waals surface area contributed by atoms with Gasteiger partial charge in [-0.25, -0.2) is 4.98 Å². The van der Waals surface area contributed by atoms with Gasteiger partial charge >= 0.3 is 6.18 Å². The molecular weight excluding hydrogens is 293 g/mol. The van der Waals surface area contributed by atoms with Gasteiger partial charge in [0.15, 0.2) is 0 Å². The lowest BCUT2D eigenvalue weighted by Crippen LogP contribution is -2.21. The number of hydrogen-bond acceptors (Lipinski definition) is 4. The third-order valence-electron chi connectivity index (χ3n) is 2.85. The van der Waals surface area contributed by atoms with Crippen molar-refractivity contribution in [2.75, 3.05) is 13.2 Å². The minimum Gasteiger partial charge on any atom is -0.474 e. The molecule has 0 radical (unpaired) electrons. The fourth-order valence-electron chi connectivity index (χ4n) is 1.84. The van der Waals surface area contributed by atoms with E-state index in [-0.39, 0.29) is 29.1 Å². The number of rotatable bonds is 4. The quantitative estimate of drug-likeness (QED) is 0.865. The van der Waals surface area contributed by atoms with Crippen molar-refractivity contribution in [2.24, 2.45) is 5.73 Å². The first-order valence-corrected chi connectivity index (χ1v) is 6.41. The van der Waals surface area contributed by atoms with Gasteiger partial charge in [-0.05, 0) is 25.0 Å². The number of pyridine rings is 1. The molecule has 2 N–H and O–H groups in total. The highest BCUT2D eigenvalue weighted by Crippen LogP contribution is 2.30. The Balaban J connectivity index is 2.20. The smallest absolute Gasteiger partial charge is 0.433 e. The van der Waals surface area contributed by atoms with Gasteiger partial charge in [0, 0.05) is 6.61 Å². The second kappa shape index (κ2) is 5.92. The largest absolute Gasteiger partial charge is 0.474 e. The van der Waals surface area contributed by atoms with Crippen LogP contribution in [0, 0.1) is 0 Å². The summed E-state index contributed by atoms with van der Waals surface area (Å²) in [6, 6.07) is 2.00. The summed E-state index contributed by atoms with van der Waals surface area (Å²) in [5, 5.41) is 0. The van der Waals surface area contributed by atoms with Crippen LogP contribution in [0.1, 0.15) is 24.1 Å². The summed E-state index contributed by atoms with van der Waals surface area (Å²) in [5.41, 5.74) is 4.60. The first kappa shape index (κ1) is 15.0. The zero-order valence-electron chi connectivity index (χ0n) is 10.4. The van der Waals surface area contributed by atoms with Crippen LogP contribution in [0.5, 0.6) is 5.88 Å². The third kappa shape index (κ3) is 3.57. The Labute approximate surface area is 119 Å². The molecule has 0 saturated carbocycles. The summed E-state index contributed by atoms with van der Waals surface area (Å²) in [7, 11) is 0. The predicted molar refractivity (Wildman–Crippen MR) is 69.6 cm³/mol. The number of halogens is 3. The van der Waals surface area contributed by atoms with Crippen molar-refractivity contribution >= 4 is 17.2 Å². The van der Waals surface area contributed by atoms with Crippen LogP contribution in [-0.2, 0) is 10.9 Å². The van der Waals surface area contributed by atoms with E-state index in [4.69, 9.17) is 27.4 Å². The van der Waals surface area contributed by atoms with E-state index in [0.717, 1.165) is 18.9 Å². The molecule has 1 aliphatic heterocycles. The summed E-state index contributed by atoms with van der Waals surface area (Å²) in [4.78, 5) is 3.39. The lowest BCUT2D eigenvalue weighted by Gasteiger charge is -2.15. The lowest BCUT2D eigenvalue weighted by molar-refractivity contribution is -0.141. The van der Waals surface area contributed by atoms with Gasteiger partial charge in [-0.15, -0.1) is 0 Å². The number of hydrogen-bond donors (Lipinski definition) is 1. The minimum absolute atomic E-state index is 0.0615. The molecule has 1 aromatic rings. The van der Waals surface area contributed by atoms with Gasteiger partial charge in [-0.1, -0.05) is 12.2 Å². The van der Waals surface area contributed by atoms with Gasteiger partial charge in [-0.2, -0.15) is 13.2 Å². The molecule has 1 aromatic heterocycles. The average molecular weight is 306 g/mol. The van der Waals surface area contributed by atoms with Crippen molar-refractivity contribution in [1.29, 1.82) is 0 Å². The molecule has 4 nitrogen and oxygen atoms in total. The summed E-state index contributed by atoms with van der Waals surface area (Å²) < 4.78 is 48.6. The zero-order valence-corrected chi connectivity index (χ0v) is 11.3. The topological polar surface area (TPSA) is 57.4 Å². The molecule has 1 saturated heterocycles. The molecular formula is C12H13F3N2O2S. The Morgan fingerprint density at radius 1 is 1.50 bits per heavy atom. The Kier molecular flexibility index (Phi) is 4.44. The van der Waals surface area contributed by atoms with Gasteiger partial charge in [0.05, 0.1) is 11.7 Å². The molecule has 0 aromatic carbocycles. The second-order valence-corrected chi connectivity index (χ2v) is 4.80. The number of alkyl halides is 3. The predicted octanol–water partition coefficient (Wildman–Crippen LogP) is 2.29. The maximum Gasteiger partial charge on any atom is 0.433 e. The van der Waals surface area contributed by atoms with Crippen LogP contribution in [0.2, 0.25) is 0 Å². The number of aromatic nitrogens is 1. The molecule has 0 bridgehead atoms. The summed E-state index contributed by atoms with van der Waals surface area (Å²) >= 11 is 4.78. The number of nitrogens with zero attached hydrogens (tertiary/aromatic N) is 1. The van der Waals surface area contributed by atoms with Gasteiger partial charge < -0.3 is 15.2 Å². The van der Waals surface area contributed by atoms with Crippen molar-refractivity contribution in [3.8, 4) is 5.88 Å². The highest BCUT2D eigenvalue weighted by molar-refractivity contribution is 7.80. The standard InChI is InChI=1S/C12H13F3N2O2S/c13-12(14,15)9-4-3-8(10(16)20)11(17-9)19-6-7-2-1-5-18-7/h3-4,7H,1-2,5-6H2,(H2,16,20). The zero-order chi connectivity index (χ0) is 14.8. The lowest BCUT2D eigenvalue weighted by atomic mass is 10.2. The molecule has 2 rings (SSSR count). The normalized spacial score (nSPS) is 19.1. The summed E-state index contributed by atoms with van der Waals surface area (Å²) in [5.74, 6) is -0.206. The monoisotopic (exact) mass is 306 g/mol. The first-order chi connectivity index (χ1) is 9.38. The van der Waals surface area contributed by atoms with Crippen LogP contribution in [0.15, 0.2) is 12.1 Å². The van der Waals surface area contributed by atoms with Crippen LogP contribution in [0.4, 0.5) is 13.2 Å². The van der Waals surface area contributed by atoms with E-state index in [1.54, 1.807) is 0 Å². The van der Waals surface area contributed by atoms with Gasteiger partial charge in [0.25, 0.3) is 0 Å². The number of ether oxygens (including phenoxy) is 2. The maximum absolute atomic E-state index is 12.6. The SMILES string of the molecule is NC(=S)c1ccc(C(F)(F)F)nc1OCC1CCCO1. The van der Waals surface area contributed by atoms with Crippen LogP contribution in [-0.4, -0.2) is 29.3 Å². The van der Waals surface area contributed by atoms with Crippen molar-refractivity contribution in [2.45, 2.75) is 25.1 Å². The van der Waals surface area contributed by atoms with Crippen molar-refractivity contribution in [3.63, 3.8) is 0 Å². The molecule has 1 unspecified atom stereocenters. The molecule has 2 heterocycles. The Morgan fingerprint density at radius 3 is 2.80 bits per heavy atom. The second-order valence-electron chi connectivity index (χ2n) is 4.36. The highest BCUT2D eigenvalue weighted by Gasteiger charge is 2.33. The number of nitrogens with two attached hydrogens (primary N) is 1. The van der Waals surface area contributed by atoms with Crippen LogP contribution < -0.4 is 10.5 Å². The maximum atomic E-state index is 12.6. The van der Waals surface area contributed by atoms with Crippen LogP contribution >= 0.6 is 12.2 Å². The third-order valence-corrected chi connectivity index (χ3v) is 3.07. The van der Waals surface area contributed by atoms with Crippen molar-refractivity contribution in [1.82, 2.24) is 4.98 Å². The van der Waals surface area contributed by atoms with Gasteiger partial charge in [-0.3, -0.25) is 0 Å². The molecule has 8 heteroatoms. The van der Waals surface area contributed by atoms with E-state index in [2.05, 4.69) is 4.98 Å². The molecule has 110 valence electrons. The molecule has 1 fully saturated rings. The Morgan fingerprint density at radius 2 is 2.25 bits per heavy atom. The van der Waals surface area contributed by atoms with E-state index < -0.39 is 11.9 Å². The molecule has 0 spiro atoms. The molecule has 0 aliphatic carbocycles. The van der Waals surface area contributed by atoms with Gasteiger partial charge in [0.1, 0.15) is 17.3 Å². The van der Waals surface area contributed by atoms with Crippen molar-refractivity contribution < 1.29 is 22.6 Å². The molecule has 1 aliphatic rings. The van der Waals surface area contributed by atoms with E-state index in [9.17, 15) is 13.2 Å². The summed E-state index contributed by atoms with van der Waals surface area (Å²) in [6.07, 6.45) is -2.96. The average Bonchev–Trinajstić information content (AvgIpc) is 2.87. The first-order valence-electron chi connectivity index (χ1n) is 6.00. The van der Waals surface area contributed by atoms with E-state index in [0.29, 0.717) is 6.61 Å². The Bertz CT molecular complexity index is 502. The molecule has 1 atom stereocenters. The van der Waals surface area contributed by atoms with E-state index in [1.807, 2.05) is 0 Å². The Hall–Kier alpha value is -1.41. The van der Waals surface area contributed by atoms with Gasteiger partial charge in [0.2, 0.25) is 5.88 Å².